The first-order valence-electron chi connectivity index (χ1n) is 5.58. The van der Waals surface area contributed by atoms with Crippen molar-refractivity contribution in [3.8, 4) is 11.5 Å². The molecular weight excluding hydrogens is 263 g/mol. The van der Waals surface area contributed by atoms with Gasteiger partial charge in [0.1, 0.15) is 24.1 Å². The molecule has 1 aromatic carbocycles. The van der Waals surface area contributed by atoms with Crippen molar-refractivity contribution in [1.82, 2.24) is 0 Å². The second kappa shape index (κ2) is 3.75. The summed E-state index contributed by atoms with van der Waals surface area (Å²) in [5, 5.41) is 9.00. The van der Waals surface area contributed by atoms with E-state index in [2.05, 4.69) is 0 Å². The maximum absolute atomic E-state index is 14.2. The Labute approximate surface area is 107 Å². The lowest BCUT2D eigenvalue weighted by Crippen LogP contribution is -2.23. The SMILES string of the molecule is O=C(O)C1(c2cc3c(c(Cl)c2F)OCCO3)CC1. The molecule has 0 radical (unpaired) electrons. The topological polar surface area (TPSA) is 55.8 Å². The number of hydrogen-bond donors (Lipinski definition) is 1. The van der Waals surface area contributed by atoms with Crippen molar-refractivity contribution in [3.05, 3.63) is 22.5 Å². The van der Waals surface area contributed by atoms with Gasteiger partial charge in [0.2, 0.25) is 0 Å². The van der Waals surface area contributed by atoms with Crippen LogP contribution in [0.15, 0.2) is 6.07 Å². The largest absolute Gasteiger partial charge is 0.486 e. The molecule has 2 aliphatic rings. The van der Waals surface area contributed by atoms with Gasteiger partial charge in [-0.05, 0) is 18.9 Å². The van der Waals surface area contributed by atoms with Gasteiger partial charge < -0.3 is 14.6 Å². The quantitative estimate of drug-likeness (QED) is 0.898. The molecule has 0 amide bonds. The van der Waals surface area contributed by atoms with Crippen LogP contribution in [-0.4, -0.2) is 24.3 Å². The smallest absolute Gasteiger partial charge is 0.314 e. The third kappa shape index (κ3) is 1.47. The third-order valence-electron chi connectivity index (χ3n) is 3.39. The highest BCUT2D eigenvalue weighted by Gasteiger charge is 2.54. The van der Waals surface area contributed by atoms with Crippen molar-refractivity contribution >= 4 is 17.6 Å². The lowest BCUT2D eigenvalue weighted by atomic mass is 9.95. The zero-order valence-corrected chi connectivity index (χ0v) is 10.1. The van der Waals surface area contributed by atoms with Crippen LogP contribution in [0, 0.1) is 5.82 Å². The van der Waals surface area contributed by atoms with E-state index in [4.69, 9.17) is 21.1 Å². The highest BCUT2D eigenvalue weighted by Crippen LogP contribution is 2.53. The van der Waals surface area contributed by atoms with Crippen LogP contribution >= 0.6 is 11.6 Å². The fourth-order valence-electron chi connectivity index (χ4n) is 2.19. The average Bonchev–Trinajstić information content (AvgIpc) is 3.15. The van der Waals surface area contributed by atoms with E-state index >= 15 is 0 Å². The molecule has 18 heavy (non-hydrogen) atoms. The van der Waals surface area contributed by atoms with Gasteiger partial charge in [-0.3, -0.25) is 4.79 Å². The van der Waals surface area contributed by atoms with Crippen LogP contribution in [0.5, 0.6) is 11.5 Å². The van der Waals surface area contributed by atoms with Crippen molar-refractivity contribution in [2.45, 2.75) is 18.3 Å². The third-order valence-corrected chi connectivity index (χ3v) is 3.73. The fourth-order valence-corrected chi connectivity index (χ4v) is 2.44. The van der Waals surface area contributed by atoms with Gasteiger partial charge in [0.05, 0.1) is 5.41 Å². The Hall–Kier alpha value is -1.49. The van der Waals surface area contributed by atoms with Crippen LogP contribution in [0.3, 0.4) is 0 Å². The first-order chi connectivity index (χ1) is 8.56. The van der Waals surface area contributed by atoms with Crippen molar-refractivity contribution in [3.63, 3.8) is 0 Å². The number of benzene rings is 1. The molecule has 1 aliphatic heterocycles. The molecule has 1 N–H and O–H groups in total. The molecule has 0 unspecified atom stereocenters. The summed E-state index contributed by atoms with van der Waals surface area (Å²) in [7, 11) is 0. The van der Waals surface area contributed by atoms with Gasteiger partial charge in [0.15, 0.2) is 11.5 Å². The number of aliphatic carboxylic acids is 1. The molecule has 0 saturated heterocycles. The predicted molar refractivity (Wildman–Crippen MR) is 60.9 cm³/mol. The highest BCUT2D eigenvalue weighted by atomic mass is 35.5. The van der Waals surface area contributed by atoms with E-state index in [0.29, 0.717) is 31.8 Å². The van der Waals surface area contributed by atoms with Gasteiger partial charge in [0, 0.05) is 5.56 Å². The maximum atomic E-state index is 14.2. The van der Waals surface area contributed by atoms with Gasteiger partial charge >= 0.3 is 5.97 Å². The van der Waals surface area contributed by atoms with Crippen molar-refractivity contribution in [1.29, 1.82) is 0 Å². The summed E-state index contributed by atoms with van der Waals surface area (Å²) in [6, 6.07) is 1.40. The number of fused-ring (bicyclic) bond motifs is 1. The van der Waals surface area contributed by atoms with E-state index in [-0.39, 0.29) is 16.3 Å². The van der Waals surface area contributed by atoms with Crippen molar-refractivity contribution in [2.24, 2.45) is 0 Å². The lowest BCUT2D eigenvalue weighted by Gasteiger charge is -2.22. The first kappa shape index (κ1) is 11.6. The van der Waals surface area contributed by atoms with Crippen LogP contribution < -0.4 is 9.47 Å². The summed E-state index contributed by atoms with van der Waals surface area (Å²) >= 11 is 5.88. The minimum Gasteiger partial charge on any atom is -0.486 e. The summed E-state index contributed by atoms with van der Waals surface area (Å²) in [4.78, 5) is 11.2. The molecule has 96 valence electrons. The first-order valence-corrected chi connectivity index (χ1v) is 5.95. The number of hydrogen-bond acceptors (Lipinski definition) is 3. The lowest BCUT2D eigenvalue weighted by molar-refractivity contribution is -0.140. The van der Waals surface area contributed by atoms with E-state index in [1.165, 1.54) is 6.07 Å². The number of carbonyl (C=O) groups is 1. The van der Waals surface area contributed by atoms with Gasteiger partial charge in [-0.2, -0.15) is 0 Å². The minimum absolute atomic E-state index is 0.0873. The monoisotopic (exact) mass is 272 g/mol. The zero-order chi connectivity index (χ0) is 12.9. The molecule has 1 aliphatic carbocycles. The standard InChI is InChI=1S/C12H10ClFO4/c13-8-9(14)6(12(1-2-12)11(15)16)5-7-10(8)18-4-3-17-7/h5H,1-4H2,(H,15,16). The van der Waals surface area contributed by atoms with Crippen LogP contribution in [-0.2, 0) is 10.2 Å². The molecule has 0 bridgehead atoms. The fraction of sp³-hybridized carbons (Fsp3) is 0.417. The number of ether oxygens (including phenoxy) is 2. The predicted octanol–water partition coefficient (Wildman–Crippen LogP) is 2.37. The van der Waals surface area contributed by atoms with Crippen LogP contribution in [0.2, 0.25) is 5.02 Å². The van der Waals surface area contributed by atoms with Crippen LogP contribution in [0.4, 0.5) is 4.39 Å². The van der Waals surface area contributed by atoms with E-state index in [0.717, 1.165) is 0 Å². The summed E-state index contributed by atoms with van der Waals surface area (Å²) in [5.41, 5.74) is -1.06. The Morgan fingerprint density at radius 1 is 1.39 bits per heavy atom. The molecular formula is C12H10ClFO4. The minimum atomic E-state index is -1.15. The maximum Gasteiger partial charge on any atom is 0.314 e. The Balaban J connectivity index is 2.17. The zero-order valence-electron chi connectivity index (χ0n) is 9.33. The van der Waals surface area contributed by atoms with Gasteiger partial charge in [-0.25, -0.2) is 4.39 Å². The number of halogens is 2. The number of carboxylic acids is 1. The van der Waals surface area contributed by atoms with Crippen molar-refractivity contribution in [2.75, 3.05) is 13.2 Å². The van der Waals surface area contributed by atoms with E-state index in [1.54, 1.807) is 0 Å². The Morgan fingerprint density at radius 2 is 2.06 bits per heavy atom. The molecule has 6 heteroatoms. The Morgan fingerprint density at radius 3 is 2.67 bits per heavy atom. The van der Waals surface area contributed by atoms with E-state index in [1.807, 2.05) is 0 Å². The molecule has 0 aromatic heterocycles. The molecule has 0 spiro atoms. The molecule has 4 nitrogen and oxygen atoms in total. The number of carboxylic acid groups (broad SMARTS) is 1. The van der Waals surface area contributed by atoms with Gasteiger partial charge in [-0.15, -0.1) is 0 Å². The highest BCUT2D eigenvalue weighted by molar-refractivity contribution is 6.32. The Kier molecular flexibility index (Phi) is 2.41. The average molecular weight is 273 g/mol. The molecule has 1 aromatic rings. The molecule has 0 atom stereocenters. The van der Waals surface area contributed by atoms with Crippen LogP contribution in [0.1, 0.15) is 18.4 Å². The van der Waals surface area contributed by atoms with E-state index < -0.39 is 17.2 Å². The van der Waals surface area contributed by atoms with Gasteiger partial charge in [0.25, 0.3) is 0 Å². The van der Waals surface area contributed by atoms with Crippen LogP contribution in [0.25, 0.3) is 0 Å². The molecule has 3 rings (SSSR count). The number of rotatable bonds is 2. The second-order valence-corrected chi connectivity index (χ2v) is 4.84. The molecule has 1 saturated carbocycles. The van der Waals surface area contributed by atoms with E-state index in [9.17, 15) is 14.3 Å². The molecule has 1 heterocycles. The van der Waals surface area contributed by atoms with Gasteiger partial charge in [-0.1, -0.05) is 11.6 Å². The summed E-state index contributed by atoms with van der Waals surface area (Å²) in [6.45, 7) is 0.643. The Bertz CT molecular complexity index is 539. The molecule has 1 fully saturated rings. The van der Waals surface area contributed by atoms with Crippen molar-refractivity contribution < 1.29 is 23.8 Å². The second-order valence-electron chi connectivity index (χ2n) is 4.46. The summed E-state index contributed by atoms with van der Waals surface area (Å²) in [6.07, 6.45) is 0.824. The normalized spacial score (nSPS) is 19.4. The summed E-state index contributed by atoms with van der Waals surface area (Å²) in [5.74, 6) is -1.28. The summed E-state index contributed by atoms with van der Waals surface area (Å²) < 4.78 is 24.7.